The van der Waals surface area contributed by atoms with Gasteiger partial charge in [-0.2, -0.15) is 0 Å². The van der Waals surface area contributed by atoms with Crippen LogP contribution in [0.3, 0.4) is 0 Å². The summed E-state index contributed by atoms with van der Waals surface area (Å²) in [7, 11) is 0. The van der Waals surface area contributed by atoms with Gasteiger partial charge in [0.25, 0.3) is 0 Å². The summed E-state index contributed by atoms with van der Waals surface area (Å²) in [5.74, 6) is 0.526. The summed E-state index contributed by atoms with van der Waals surface area (Å²) in [4.78, 5) is 22.9. The van der Waals surface area contributed by atoms with Crippen LogP contribution in [0.2, 0.25) is 0 Å². The molecular weight excluding hydrogens is 434 g/mol. The van der Waals surface area contributed by atoms with Crippen molar-refractivity contribution in [3.8, 4) is 0 Å². The number of carbonyl (C=O) groups is 1. The fourth-order valence-electron chi connectivity index (χ4n) is 4.28. The Balaban J connectivity index is 1.75. The van der Waals surface area contributed by atoms with Crippen LogP contribution in [0.4, 0.5) is 11.4 Å². The topological polar surface area (TPSA) is 45.1 Å². The molecule has 1 atom stereocenters. The SMILES string of the molecule is Cc1ccc(N=C2N(c3ccc(C)cc3)[C@H](C(=O)OCc3ccccc3)CCN2C(C)(C)C)cc1. The van der Waals surface area contributed by atoms with Gasteiger partial charge >= 0.3 is 5.97 Å². The van der Waals surface area contributed by atoms with Crippen molar-refractivity contribution in [2.24, 2.45) is 4.99 Å². The Kier molecular flexibility index (Phi) is 7.25. The number of ether oxygens (including phenoxy) is 1. The predicted octanol–water partition coefficient (Wildman–Crippen LogP) is 6.41. The lowest BCUT2D eigenvalue weighted by Crippen LogP contribution is -2.62. The molecule has 1 aliphatic heterocycles. The lowest BCUT2D eigenvalue weighted by molar-refractivity contribution is -0.147. The number of guanidine groups is 1. The van der Waals surface area contributed by atoms with Gasteiger partial charge in [-0.3, -0.25) is 4.90 Å². The molecule has 1 fully saturated rings. The van der Waals surface area contributed by atoms with E-state index in [1.165, 1.54) is 11.1 Å². The molecule has 182 valence electrons. The largest absolute Gasteiger partial charge is 0.459 e. The number of anilines is 1. The molecule has 0 N–H and O–H groups in total. The summed E-state index contributed by atoms with van der Waals surface area (Å²) < 4.78 is 5.82. The zero-order valence-electron chi connectivity index (χ0n) is 21.4. The van der Waals surface area contributed by atoms with Crippen LogP contribution in [-0.4, -0.2) is 35.0 Å². The van der Waals surface area contributed by atoms with Gasteiger partial charge in [-0.1, -0.05) is 65.7 Å². The van der Waals surface area contributed by atoms with E-state index in [0.717, 1.165) is 22.9 Å². The number of rotatable bonds is 5. The van der Waals surface area contributed by atoms with Gasteiger partial charge in [-0.15, -0.1) is 0 Å². The lowest BCUT2D eigenvalue weighted by atomic mass is 10.0. The van der Waals surface area contributed by atoms with Crippen LogP contribution in [0.15, 0.2) is 83.9 Å². The number of carbonyl (C=O) groups excluding carboxylic acids is 1. The number of aryl methyl sites for hydroxylation is 2. The highest BCUT2D eigenvalue weighted by atomic mass is 16.5. The van der Waals surface area contributed by atoms with E-state index in [0.29, 0.717) is 13.0 Å². The van der Waals surface area contributed by atoms with Gasteiger partial charge in [0.05, 0.1) is 5.69 Å². The monoisotopic (exact) mass is 469 g/mol. The van der Waals surface area contributed by atoms with Crippen molar-refractivity contribution >= 4 is 23.3 Å². The summed E-state index contributed by atoms with van der Waals surface area (Å²) in [5.41, 5.74) is 4.93. The molecule has 0 bridgehead atoms. The van der Waals surface area contributed by atoms with Crippen molar-refractivity contribution in [2.75, 3.05) is 11.4 Å². The minimum atomic E-state index is -0.468. The third kappa shape index (κ3) is 5.91. The number of benzene rings is 3. The highest BCUT2D eigenvalue weighted by Gasteiger charge is 2.41. The Morgan fingerprint density at radius 2 is 1.51 bits per heavy atom. The van der Waals surface area contributed by atoms with Crippen molar-refractivity contribution < 1.29 is 9.53 Å². The molecule has 0 amide bonds. The van der Waals surface area contributed by atoms with Crippen molar-refractivity contribution in [2.45, 2.75) is 59.2 Å². The molecule has 4 rings (SSSR count). The van der Waals surface area contributed by atoms with E-state index >= 15 is 0 Å². The molecule has 35 heavy (non-hydrogen) atoms. The first-order valence-corrected chi connectivity index (χ1v) is 12.2. The minimum Gasteiger partial charge on any atom is -0.459 e. The van der Waals surface area contributed by atoms with Crippen LogP contribution in [0.5, 0.6) is 0 Å². The first-order valence-electron chi connectivity index (χ1n) is 12.2. The smallest absolute Gasteiger partial charge is 0.329 e. The number of hydrogen-bond donors (Lipinski definition) is 0. The molecule has 5 heteroatoms. The minimum absolute atomic E-state index is 0.175. The molecule has 1 aliphatic rings. The summed E-state index contributed by atoms with van der Waals surface area (Å²) in [6.45, 7) is 11.6. The van der Waals surface area contributed by atoms with Crippen LogP contribution in [-0.2, 0) is 16.1 Å². The van der Waals surface area contributed by atoms with Gasteiger partial charge in [-0.25, -0.2) is 9.79 Å². The molecule has 0 aliphatic carbocycles. The maximum absolute atomic E-state index is 13.5. The highest BCUT2D eigenvalue weighted by Crippen LogP contribution is 2.31. The van der Waals surface area contributed by atoms with Crippen LogP contribution >= 0.6 is 0 Å². The maximum atomic E-state index is 13.5. The molecule has 0 aromatic heterocycles. The van der Waals surface area contributed by atoms with Gasteiger partial charge in [0.1, 0.15) is 12.6 Å². The number of esters is 1. The molecule has 1 heterocycles. The molecule has 1 saturated heterocycles. The van der Waals surface area contributed by atoms with Crippen molar-refractivity contribution in [1.29, 1.82) is 0 Å². The lowest BCUT2D eigenvalue weighted by Gasteiger charge is -2.48. The second kappa shape index (κ2) is 10.3. The first-order chi connectivity index (χ1) is 16.7. The Bertz CT molecular complexity index is 1160. The third-order valence-corrected chi connectivity index (χ3v) is 6.28. The summed E-state index contributed by atoms with van der Waals surface area (Å²) >= 11 is 0. The Labute approximate surface area is 209 Å². The maximum Gasteiger partial charge on any atom is 0.329 e. The van der Waals surface area contributed by atoms with Crippen LogP contribution in [0, 0.1) is 13.8 Å². The van der Waals surface area contributed by atoms with E-state index in [1.54, 1.807) is 0 Å². The number of aliphatic imine (C=N–C) groups is 1. The Morgan fingerprint density at radius 3 is 2.11 bits per heavy atom. The first kappa shape index (κ1) is 24.5. The normalized spacial score (nSPS) is 17.5. The van der Waals surface area contributed by atoms with Crippen LogP contribution < -0.4 is 4.90 Å². The van der Waals surface area contributed by atoms with Crippen LogP contribution in [0.1, 0.15) is 43.9 Å². The number of hydrogen-bond acceptors (Lipinski definition) is 3. The van der Waals surface area contributed by atoms with E-state index in [-0.39, 0.29) is 18.1 Å². The summed E-state index contributed by atoms with van der Waals surface area (Å²) in [5, 5.41) is 0. The summed E-state index contributed by atoms with van der Waals surface area (Å²) in [6, 6.07) is 25.8. The molecule has 5 nitrogen and oxygen atoms in total. The van der Waals surface area contributed by atoms with Gasteiger partial charge < -0.3 is 9.64 Å². The van der Waals surface area contributed by atoms with E-state index in [2.05, 4.69) is 80.8 Å². The van der Waals surface area contributed by atoms with Gasteiger partial charge in [0.15, 0.2) is 0 Å². The van der Waals surface area contributed by atoms with E-state index in [1.807, 2.05) is 42.5 Å². The molecule has 0 unspecified atom stereocenters. The van der Waals surface area contributed by atoms with Gasteiger partial charge in [-0.05, 0) is 70.9 Å². The zero-order valence-corrected chi connectivity index (χ0v) is 21.4. The number of nitrogens with zero attached hydrogens (tertiary/aromatic N) is 3. The van der Waals surface area contributed by atoms with Gasteiger partial charge in [0.2, 0.25) is 5.96 Å². The molecule has 3 aromatic carbocycles. The van der Waals surface area contributed by atoms with E-state index < -0.39 is 6.04 Å². The van der Waals surface area contributed by atoms with Crippen LogP contribution in [0.25, 0.3) is 0 Å². The Hall–Kier alpha value is -3.60. The van der Waals surface area contributed by atoms with Crippen molar-refractivity contribution in [3.63, 3.8) is 0 Å². The zero-order chi connectivity index (χ0) is 25.0. The third-order valence-electron chi connectivity index (χ3n) is 6.28. The molecule has 3 aromatic rings. The molecular formula is C30H35N3O2. The predicted molar refractivity (Wildman–Crippen MR) is 143 cm³/mol. The quantitative estimate of drug-likeness (QED) is 0.405. The standard InChI is InChI=1S/C30H35N3O2/c1-22-11-15-25(16-12-22)31-29-32(30(3,4)5)20-19-27(33(29)26-17-13-23(2)14-18-26)28(34)35-21-24-9-7-6-8-10-24/h6-18,27H,19-21H2,1-5H3/t27-/m0/s1. The Morgan fingerprint density at radius 1 is 0.914 bits per heavy atom. The fourth-order valence-corrected chi connectivity index (χ4v) is 4.28. The van der Waals surface area contributed by atoms with Crippen molar-refractivity contribution in [1.82, 2.24) is 4.90 Å². The highest BCUT2D eigenvalue weighted by molar-refractivity contribution is 6.04. The average Bonchev–Trinajstić information content (AvgIpc) is 2.84. The molecule has 0 spiro atoms. The summed E-state index contributed by atoms with van der Waals surface area (Å²) in [6.07, 6.45) is 0.645. The van der Waals surface area contributed by atoms with E-state index in [9.17, 15) is 4.79 Å². The fraction of sp³-hybridized carbons (Fsp3) is 0.333. The second-order valence-electron chi connectivity index (χ2n) is 10.2. The average molecular weight is 470 g/mol. The van der Waals surface area contributed by atoms with Crippen molar-refractivity contribution in [3.05, 3.63) is 95.6 Å². The van der Waals surface area contributed by atoms with Gasteiger partial charge in [0, 0.05) is 17.8 Å². The molecule has 0 saturated carbocycles. The second-order valence-corrected chi connectivity index (χ2v) is 10.2. The molecule has 0 radical (unpaired) electrons. The van der Waals surface area contributed by atoms with E-state index in [4.69, 9.17) is 9.73 Å².